The highest BCUT2D eigenvalue weighted by atomic mass is 16.3. The topological polar surface area (TPSA) is 87.4 Å². The Morgan fingerprint density at radius 2 is 2.00 bits per heavy atom. The van der Waals surface area contributed by atoms with Gasteiger partial charge >= 0.3 is 0 Å². The van der Waals surface area contributed by atoms with Gasteiger partial charge in [0.2, 0.25) is 5.95 Å². The number of anilines is 2. The van der Waals surface area contributed by atoms with E-state index >= 15 is 0 Å². The molecule has 2 aromatic heterocycles. The van der Waals surface area contributed by atoms with Crippen molar-refractivity contribution in [1.82, 2.24) is 19.7 Å². The number of carbonyl (C=O) groups is 1. The first-order chi connectivity index (χ1) is 12.0. The smallest absolute Gasteiger partial charge is 0.262 e. The molecule has 2 aliphatic rings. The van der Waals surface area contributed by atoms with Crippen LogP contribution in [-0.2, 0) is 6.54 Å². The summed E-state index contributed by atoms with van der Waals surface area (Å²) in [6, 6.07) is 0.245. The van der Waals surface area contributed by atoms with Gasteiger partial charge in [-0.05, 0) is 26.7 Å². The zero-order valence-corrected chi connectivity index (χ0v) is 14.5. The Balaban J connectivity index is 1.56. The molecule has 2 aliphatic heterocycles. The van der Waals surface area contributed by atoms with Gasteiger partial charge in [-0.3, -0.25) is 14.4 Å². The van der Waals surface area contributed by atoms with Crippen LogP contribution in [0.4, 0.5) is 11.6 Å². The van der Waals surface area contributed by atoms with Crippen LogP contribution in [0.1, 0.15) is 48.8 Å². The summed E-state index contributed by atoms with van der Waals surface area (Å²) in [5, 5.41) is 13.9. The average molecular weight is 342 g/mol. The average Bonchev–Trinajstić information content (AvgIpc) is 3.20. The zero-order valence-electron chi connectivity index (χ0n) is 14.5. The van der Waals surface area contributed by atoms with Crippen LogP contribution in [0.3, 0.4) is 0 Å². The van der Waals surface area contributed by atoms with Crippen molar-refractivity contribution in [3.63, 3.8) is 0 Å². The van der Waals surface area contributed by atoms with Gasteiger partial charge in [0.05, 0.1) is 35.8 Å². The van der Waals surface area contributed by atoms with Crippen LogP contribution >= 0.6 is 0 Å². The van der Waals surface area contributed by atoms with E-state index in [2.05, 4.69) is 20.0 Å². The lowest BCUT2D eigenvalue weighted by Crippen LogP contribution is -2.37. The molecular formula is C17H22N6O2. The minimum atomic E-state index is -0.236. The Bertz CT molecular complexity index is 794. The fourth-order valence-corrected chi connectivity index (χ4v) is 3.25. The van der Waals surface area contributed by atoms with Crippen molar-refractivity contribution in [3.8, 4) is 0 Å². The number of aliphatic hydroxyl groups excluding tert-OH is 1. The molecule has 8 nitrogen and oxygen atoms in total. The molecule has 1 amide bonds. The van der Waals surface area contributed by atoms with Crippen LogP contribution in [0.15, 0.2) is 18.6 Å². The number of carbonyl (C=O) groups excluding carboxylic acids is 1. The first-order valence-electron chi connectivity index (χ1n) is 8.68. The van der Waals surface area contributed by atoms with E-state index in [4.69, 9.17) is 0 Å². The third-order valence-electron chi connectivity index (χ3n) is 4.81. The van der Waals surface area contributed by atoms with Gasteiger partial charge in [0.15, 0.2) is 0 Å². The maximum absolute atomic E-state index is 12.7. The van der Waals surface area contributed by atoms with E-state index in [1.807, 2.05) is 24.7 Å². The van der Waals surface area contributed by atoms with Crippen LogP contribution < -0.4 is 9.80 Å². The van der Waals surface area contributed by atoms with Gasteiger partial charge in [0, 0.05) is 31.5 Å². The molecule has 0 aromatic carbocycles. The normalized spacial score (nSPS) is 18.3. The molecule has 0 spiro atoms. The Hall–Kier alpha value is -2.48. The summed E-state index contributed by atoms with van der Waals surface area (Å²) >= 11 is 0. The summed E-state index contributed by atoms with van der Waals surface area (Å²) in [7, 11) is 0. The minimum absolute atomic E-state index is 0.0843. The molecule has 2 aromatic rings. The van der Waals surface area contributed by atoms with Crippen LogP contribution in [0.25, 0.3) is 0 Å². The molecule has 0 bridgehead atoms. The molecule has 4 heterocycles. The summed E-state index contributed by atoms with van der Waals surface area (Å²) in [5.41, 5.74) is 2.08. The van der Waals surface area contributed by atoms with Crippen molar-refractivity contribution >= 4 is 17.5 Å². The molecule has 8 heteroatoms. The highest BCUT2D eigenvalue weighted by molar-refractivity contribution is 6.09. The number of hydrogen-bond acceptors (Lipinski definition) is 6. The SMILES string of the molecule is CC(C)n1cc(N2Cc3nc(N4CCC(O)CC4)ncc3C2=O)cn1. The predicted octanol–water partition coefficient (Wildman–Crippen LogP) is 1.38. The van der Waals surface area contributed by atoms with Crippen molar-refractivity contribution in [3.05, 3.63) is 29.8 Å². The maximum atomic E-state index is 12.7. The Labute approximate surface area is 146 Å². The summed E-state index contributed by atoms with van der Waals surface area (Å²) in [6.45, 7) is 6.00. The molecule has 1 fully saturated rings. The molecule has 0 radical (unpaired) electrons. The van der Waals surface area contributed by atoms with Gasteiger partial charge in [-0.25, -0.2) is 9.97 Å². The Morgan fingerprint density at radius 3 is 2.68 bits per heavy atom. The number of rotatable bonds is 3. The van der Waals surface area contributed by atoms with Gasteiger partial charge in [-0.1, -0.05) is 0 Å². The molecule has 0 unspecified atom stereocenters. The van der Waals surface area contributed by atoms with E-state index < -0.39 is 0 Å². The number of aliphatic hydroxyl groups is 1. The molecule has 0 aliphatic carbocycles. The number of hydrogen-bond donors (Lipinski definition) is 1. The third kappa shape index (κ3) is 2.86. The number of aromatic nitrogens is 4. The standard InChI is InChI=1S/C17H22N6O2/c1-11(2)23-9-12(7-19-23)22-10-15-14(16(22)25)8-18-17(20-15)21-5-3-13(24)4-6-21/h7-9,11,13,24H,3-6,10H2,1-2H3. The lowest BCUT2D eigenvalue weighted by atomic mass is 10.1. The van der Waals surface area contributed by atoms with E-state index in [-0.39, 0.29) is 18.1 Å². The van der Waals surface area contributed by atoms with E-state index in [0.29, 0.717) is 18.1 Å². The fourth-order valence-electron chi connectivity index (χ4n) is 3.25. The second kappa shape index (κ2) is 6.11. The number of amides is 1. The third-order valence-corrected chi connectivity index (χ3v) is 4.81. The first kappa shape index (κ1) is 16.0. The second-order valence-electron chi connectivity index (χ2n) is 6.91. The summed E-state index contributed by atoms with van der Waals surface area (Å²) in [5.74, 6) is 0.553. The van der Waals surface area contributed by atoms with E-state index in [9.17, 15) is 9.90 Å². The van der Waals surface area contributed by atoms with Crippen molar-refractivity contribution in [1.29, 1.82) is 0 Å². The lowest BCUT2D eigenvalue weighted by Gasteiger charge is -2.29. The van der Waals surface area contributed by atoms with Gasteiger partial charge in [0.1, 0.15) is 0 Å². The fraction of sp³-hybridized carbons (Fsp3) is 0.529. The largest absolute Gasteiger partial charge is 0.393 e. The zero-order chi connectivity index (χ0) is 17.6. The van der Waals surface area contributed by atoms with Gasteiger partial charge in [-0.2, -0.15) is 5.10 Å². The highest BCUT2D eigenvalue weighted by Gasteiger charge is 2.32. The van der Waals surface area contributed by atoms with Crippen LogP contribution in [0, 0.1) is 0 Å². The lowest BCUT2D eigenvalue weighted by molar-refractivity contribution is 0.0996. The molecule has 1 saturated heterocycles. The second-order valence-corrected chi connectivity index (χ2v) is 6.91. The number of nitrogens with zero attached hydrogens (tertiary/aromatic N) is 6. The molecule has 4 rings (SSSR count). The molecule has 0 atom stereocenters. The molecule has 0 saturated carbocycles. The van der Waals surface area contributed by atoms with E-state index in [1.165, 1.54) is 0 Å². The van der Waals surface area contributed by atoms with E-state index in [1.54, 1.807) is 17.3 Å². The summed E-state index contributed by atoms with van der Waals surface area (Å²) in [6.07, 6.45) is 6.43. The maximum Gasteiger partial charge on any atom is 0.262 e. The summed E-state index contributed by atoms with van der Waals surface area (Å²) in [4.78, 5) is 25.4. The Kier molecular flexibility index (Phi) is 3.91. The molecule has 1 N–H and O–H groups in total. The predicted molar refractivity (Wildman–Crippen MR) is 92.6 cm³/mol. The van der Waals surface area contributed by atoms with Crippen molar-refractivity contribution in [2.45, 2.75) is 45.4 Å². The van der Waals surface area contributed by atoms with Crippen molar-refractivity contribution in [2.24, 2.45) is 0 Å². The van der Waals surface area contributed by atoms with Crippen molar-refractivity contribution < 1.29 is 9.90 Å². The van der Waals surface area contributed by atoms with Crippen LogP contribution in [0.2, 0.25) is 0 Å². The van der Waals surface area contributed by atoms with Crippen molar-refractivity contribution in [2.75, 3.05) is 22.9 Å². The molecular weight excluding hydrogens is 320 g/mol. The number of fused-ring (bicyclic) bond motifs is 1. The quantitative estimate of drug-likeness (QED) is 0.907. The highest BCUT2D eigenvalue weighted by Crippen LogP contribution is 2.28. The van der Waals surface area contributed by atoms with Crippen LogP contribution in [0.5, 0.6) is 0 Å². The monoisotopic (exact) mass is 342 g/mol. The minimum Gasteiger partial charge on any atom is -0.393 e. The van der Waals surface area contributed by atoms with Gasteiger partial charge < -0.3 is 10.0 Å². The molecule has 132 valence electrons. The molecule has 25 heavy (non-hydrogen) atoms. The Morgan fingerprint density at radius 1 is 1.24 bits per heavy atom. The van der Waals surface area contributed by atoms with Gasteiger partial charge in [-0.15, -0.1) is 0 Å². The van der Waals surface area contributed by atoms with Gasteiger partial charge in [0.25, 0.3) is 5.91 Å². The number of piperidine rings is 1. The van der Waals surface area contributed by atoms with Crippen LogP contribution in [-0.4, -0.2) is 50.0 Å². The summed E-state index contributed by atoms with van der Waals surface area (Å²) < 4.78 is 1.84. The van der Waals surface area contributed by atoms with E-state index in [0.717, 1.165) is 37.3 Å². The first-order valence-corrected chi connectivity index (χ1v) is 8.68.